The number of hydrogen-bond donors (Lipinski definition) is 1. The number of epoxide rings is 1. The van der Waals surface area contributed by atoms with E-state index in [1.807, 2.05) is 14.1 Å². The summed E-state index contributed by atoms with van der Waals surface area (Å²) in [6.07, 6.45) is 0.400. The first-order chi connectivity index (χ1) is 3.85. The Labute approximate surface area is 55.2 Å². The molecule has 0 spiro atoms. The van der Waals surface area contributed by atoms with E-state index in [0.717, 1.165) is 6.61 Å². The molecule has 0 aliphatic carbocycles. The number of alkyl halides is 1. The Kier molecular flexibility index (Phi) is 5.49. The molecule has 0 amide bonds. The van der Waals surface area contributed by atoms with Crippen molar-refractivity contribution in [2.75, 3.05) is 26.6 Å². The predicted molar refractivity (Wildman–Crippen MR) is 35.4 cm³/mol. The molecule has 1 heterocycles. The smallest absolute Gasteiger partial charge is 0.0944 e. The van der Waals surface area contributed by atoms with Gasteiger partial charge in [-0.1, -0.05) is 0 Å². The first-order valence-corrected chi connectivity index (χ1v) is 3.14. The second-order valence-corrected chi connectivity index (χ2v) is 1.92. The van der Waals surface area contributed by atoms with Crippen molar-refractivity contribution in [2.24, 2.45) is 0 Å². The molecule has 3 heteroatoms. The van der Waals surface area contributed by atoms with Crippen molar-refractivity contribution in [3.8, 4) is 0 Å². The normalized spacial score (nSPS) is 23.6. The van der Waals surface area contributed by atoms with Gasteiger partial charge in [-0.15, -0.1) is 11.6 Å². The van der Waals surface area contributed by atoms with E-state index in [0.29, 0.717) is 12.0 Å². The van der Waals surface area contributed by atoms with Gasteiger partial charge in [-0.05, 0) is 14.1 Å². The fourth-order valence-electron chi connectivity index (χ4n) is 0.157. The van der Waals surface area contributed by atoms with Crippen LogP contribution in [0.4, 0.5) is 0 Å². The molecule has 1 fully saturated rings. The maximum absolute atomic E-state index is 5.27. The Balaban J connectivity index is 0.000000145. The van der Waals surface area contributed by atoms with Gasteiger partial charge in [0.2, 0.25) is 0 Å². The van der Waals surface area contributed by atoms with Crippen LogP contribution in [0.25, 0.3) is 0 Å². The van der Waals surface area contributed by atoms with E-state index in [-0.39, 0.29) is 0 Å². The summed E-state index contributed by atoms with van der Waals surface area (Å²) >= 11 is 5.27. The van der Waals surface area contributed by atoms with Crippen LogP contribution in [0.1, 0.15) is 0 Å². The van der Waals surface area contributed by atoms with Crippen LogP contribution in [0.5, 0.6) is 0 Å². The molecule has 1 rings (SSSR count). The van der Waals surface area contributed by atoms with Gasteiger partial charge in [0.15, 0.2) is 0 Å². The maximum Gasteiger partial charge on any atom is 0.0944 e. The van der Waals surface area contributed by atoms with Gasteiger partial charge in [-0.3, -0.25) is 0 Å². The van der Waals surface area contributed by atoms with Crippen LogP contribution in [0.3, 0.4) is 0 Å². The average molecular weight is 138 g/mol. The summed E-state index contributed by atoms with van der Waals surface area (Å²) in [7, 11) is 3.75. The van der Waals surface area contributed by atoms with Crippen LogP contribution in [0.15, 0.2) is 0 Å². The molecule has 0 aromatic carbocycles. The van der Waals surface area contributed by atoms with Gasteiger partial charge in [-0.25, -0.2) is 0 Å². The first kappa shape index (κ1) is 8.21. The zero-order valence-corrected chi connectivity index (χ0v) is 6.03. The second-order valence-electron chi connectivity index (χ2n) is 1.61. The third-order valence-corrected chi connectivity index (χ3v) is 0.919. The van der Waals surface area contributed by atoms with E-state index in [1.54, 1.807) is 0 Å². The zero-order chi connectivity index (χ0) is 6.41. The summed E-state index contributed by atoms with van der Waals surface area (Å²) in [6, 6.07) is 0. The average Bonchev–Trinajstić information content (AvgIpc) is 2.48. The van der Waals surface area contributed by atoms with Crippen molar-refractivity contribution in [3.05, 3.63) is 0 Å². The topological polar surface area (TPSA) is 24.6 Å². The van der Waals surface area contributed by atoms with E-state index in [4.69, 9.17) is 16.3 Å². The fraction of sp³-hybridized carbons (Fsp3) is 1.00. The van der Waals surface area contributed by atoms with Gasteiger partial charge in [0.05, 0.1) is 18.6 Å². The monoisotopic (exact) mass is 137 g/mol. The number of hydrogen-bond acceptors (Lipinski definition) is 2. The zero-order valence-electron chi connectivity index (χ0n) is 5.28. The van der Waals surface area contributed by atoms with Crippen LogP contribution in [0.2, 0.25) is 0 Å². The van der Waals surface area contributed by atoms with Crippen LogP contribution >= 0.6 is 11.6 Å². The highest BCUT2D eigenvalue weighted by Crippen LogP contribution is 2.08. The minimum atomic E-state index is 0.400. The standard InChI is InChI=1S/C3H5ClO.C2H7N/c4-1-3-2-5-3;1-3-2/h3H,1-2H2;3H,1-2H3. The van der Waals surface area contributed by atoms with Crippen LogP contribution in [-0.4, -0.2) is 32.7 Å². The molecular formula is C5H12ClNO. The number of rotatable bonds is 1. The van der Waals surface area contributed by atoms with Gasteiger partial charge in [0.25, 0.3) is 0 Å². The van der Waals surface area contributed by atoms with Crippen LogP contribution < -0.4 is 5.32 Å². The fourth-order valence-corrected chi connectivity index (χ4v) is 0.335. The van der Waals surface area contributed by atoms with Gasteiger partial charge in [0, 0.05) is 0 Å². The molecule has 1 aliphatic rings. The van der Waals surface area contributed by atoms with Crippen molar-refractivity contribution in [3.63, 3.8) is 0 Å². The molecular weight excluding hydrogens is 126 g/mol. The molecule has 1 N–H and O–H groups in total. The molecule has 0 radical (unpaired) electrons. The number of nitrogens with one attached hydrogen (secondary N) is 1. The molecule has 0 bridgehead atoms. The third kappa shape index (κ3) is 6.21. The summed E-state index contributed by atoms with van der Waals surface area (Å²) in [4.78, 5) is 0. The summed E-state index contributed by atoms with van der Waals surface area (Å²) < 4.78 is 4.73. The van der Waals surface area contributed by atoms with Gasteiger partial charge >= 0.3 is 0 Å². The van der Waals surface area contributed by atoms with Crippen molar-refractivity contribution in [2.45, 2.75) is 6.10 Å². The van der Waals surface area contributed by atoms with E-state index in [2.05, 4.69) is 5.32 Å². The van der Waals surface area contributed by atoms with E-state index in [9.17, 15) is 0 Å². The third-order valence-electron chi connectivity index (χ3n) is 0.574. The highest BCUT2D eigenvalue weighted by atomic mass is 35.5. The predicted octanol–water partition coefficient (Wildman–Crippen LogP) is 0.460. The largest absolute Gasteiger partial charge is 0.372 e. The summed E-state index contributed by atoms with van der Waals surface area (Å²) in [5.41, 5.74) is 0. The Morgan fingerprint density at radius 2 is 2.12 bits per heavy atom. The molecule has 0 saturated carbocycles. The Morgan fingerprint density at radius 3 is 2.12 bits per heavy atom. The van der Waals surface area contributed by atoms with Crippen LogP contribution in [0, 0.1) is 0 Å². The van der Waals surface area contributed by atoms with Crippen molar-refractivity contribution < 1.29 is 4.74 Å². The lowest BCUT2D eigenvalue weighted by molar-refractivity contribution is 0.425. The quantitative estimate of drug-likeness (QED) is 0.420. The molecule has 2 nitrogen and oxygen atoms in total. The highest BCUT2D eigenvalue weighted by Gasteiger charge is 2.19. The minimum absolute atomic E-state index is 0.400. The lowest BCUT2D eigenvalue weighted by Gasteiger charge is -1.67. The molecule has 1 aliphatic heterocycles. The van der Waals surface area contributed by atoms with E-state index in [1.165, 1.54) is 0 Å². The molecule has 8 heavy (non-hydrogen) atoms. The van der Waals surface area contributed by atoms with E-state index < -0.39 is 0 Å². The SMILES string of the molecule is CNC.ClCC1CO1. The number of halogens is 1. The molecule has 50 valence electrons. The maximum atomic E-state index is 5.27. The lowest BCUT2D eigenvalue weighted by Crippen LogP contribution is -1.89. The first-order valence-electron chi connectivity index (χ1n) is 2.61. The summed E-state index contributed by atoms with van der Waals surface area (Å²) in [5, 5.41) is 2.75. The molecule has 0 aromatic heterocycles. The Hall–Kier alpha value is 0.210. The highest BCUT2D eigenvalue weighted by molar-refractivity contribution is 6.18. The van der Waals surface area contributed by atoms with Crippen LogP contribution in [-0.2, 0) is 4.74 Å². The minimum Gasteiger partial charge on any atom is -0.372 e. The molecule has 1 saturated heterocycles. The Bertz CT molecular complexity index is 47.7. The second kappa shape index (κ2) is 5.35. The van der Waals surface area contributed by atoms with Gasteiger partial charge in [0.1, 0.15) is 0 Å². The summed E-state index contributed by atoms with van der Waals surface area (Å²) in [6.45, 7) is 0.878. The molecule has 0 aromatic rings. The summed E-state index contributed by atoms with van der Waals surface area (Å²) in [5.74, 6) is 0.667. The van der Waals surface area contributed by atoms with Crippen molar-refractivity contribution >= 4 is 11.6 Å². The molecule has 1 unspecified atom stereocenters. The Morgan fingerprint density at radius 1 is 1.75 bits per heavy atom. The van der Waals surface area contributed by atoms with Gasteiger partial charge in [-0.2, -0.15) is 0 Å². The van der Waals surface area contributed by atoms with Crippen molar-refractivity contribution in [1.82, 2.24) is 5.32 Å². The van der Waals surface area contributed by atoms with Gasteiger partial charge < -0.3 is 10.1 Å². The lowest BCUT2D eigenvalue weighted by atomic mass is 10.6. The van der Waals surface area contributed by atoms with Crippen molar-refractivity contribution in [1.29, 1.82) is 0 Å². The molecule has 1 atom stereocenters. The van der Waals surface area contributed by atoms with E-state index >= 15 is 0 Å². The number of ether oxygens (including phenoxy) is 1.